The van der Waals surface area contributed by atoms with Gasteiger partial charge >= 0.3 is 6.09 Å². The first kappa shape index (κ1) is 41.2. The average Bonchev–Trinajstić information content (AvgIpc) is 3.15. The Morgan fingerprint density at radius 1 is 0.722 bits per heavy atom. The molecular weight excluding hydrogens is 683 g/mol. The number of carbonyl (C=O) groups excluding carboxylic acids is 3. The summed E-state index contributed by atoms with van der Waals surface area (Å²) < 4.78 is 5.40. The summed E-state index contributed by atoms with van der Waals surface area (Å²) in [6, 6.07) is 22.7. The van der Waals surface area contributed by atoms with E-state index in [1.54, 1.807) is 27.7 Å². The molecule has 0 aliphatic carbocycles. The van der Waals surface area contributed by atoms with Crippen molar-refractivity contribution in [2.45, 2.75) is 111 Å². The van der Waals surface area contributed by atoms with Crippen molar-refractivity contribution in [2.24, 2.45) is 10.2 Å². The summed E-state index contributed by atoms with van der Waals surface area (Å²) in [4.78, 5) is 38.3. The molecule has 0 spiro atoms. The Labute approximate surface area is 318 Å². The molecule has 0 bridgehead atoms. The number of nitrogens with zero attached hydrogens (tertiary/aromatic N) is 6. The second-order valence-corrected chi connectivity index (χ2v) is 14.2. The molecule has 0 saturated carbocycles. The van der Waals surface area contributed by atoms with E-state index in [2.05, 4.69) is 65.6 Å². The third kappa shape index (κ3) is 15.2. The second-order valence-electron chi connectivity index (χ2n) is 14.2. The van der Waals surface area contributed by atoms with Crippen LogP contribution in [0.5, 0.6) is 0 Å². The molecule has 4 aromatic rings. The summed E-state index contributed by atoms with van der Waals surface area (Å²) in [6.07, 6.45) is 6.32. The lowest BCUT2D eigenvalue weighted by Crippen LogP contribution is -2.48. The van der Waals surface area contributed by atoms with Gasteiger partial charge in [-0.25, -0.2) is 4.79 Å². The number of hydrogen-bond acceptors (Lipinski definition) is 10. The molecule has 54 heavy (non-hydrogen) atoms. The number of hydrogen-bond donors (Lipinski definition) is 3. The van der Waals surface area contributed by atoms with Gasteiger partial charge in [0.25, 0.3) is 0 Å². The van der Waals surface area contributed by atoms with Crippen LogP contribution in [0.3, 0.4) is 0 Å². The van der Waals surface area contributed by atoms with Gasteiger partial charge in [0.2, 0.25) is 17.6 Å². The molecule has 0 saturated heterocycles. The van der Waals surface area contributed by atoms with Crippen LogP contribution in [0.4, 0.5) is 16.2 Å². The highest BCUT2D eigenvalue weighted by atomic mass is 16.6. The Morgan fingerprint density at radius 2 is 1.30 bits per heavy atom. The highest BCUT2D eigenvalue weighted by Gasteiger charge is 2.24. The zero-order valence-electron chi connectivity index (χ0n) is 32.1. The van der Waals surface area contributed by atoms with E-state index < -0.39 is 17.7 Å². The second kappa shape index (κ2) is 21.2. The molecule has 4 rings (SSSR count). The van der Waals surface area contributed by atoms with Crippen LogP contribution in [0.1, 0.15) is 95.2 Å². The van der Waals surface area contributed by atoms with Crippen molar-refractivity contribution in [1.29, 1.82) is 0 Å². The number of unbranched alkanes of at least 4 members (excludes halogenated alkanes) is 2. The molecule has 3 N–H and O–H groups in total. The highest BCUT2D eigenvalue weighted by Crippen LogP contribution is 2.21. The Hall–Kier alpha value is -5.59. The van der Waals surface area contributed by atoms with Crippen molar-refractivity contribution in [3.8, 4) is 11.4 Å². The van der Waals surface area contributed by atoms with Gasteiger partial charge in [0.15, 0.2) is 5.82 Å². The maximum absolute atomic E-state index is 13.2. The quantitative estimate of drug-likeness (QED) is 0.0646. The minimum absolute atomic E-state index is 0.0187. The minimum Gasteiger partial charge on any atom is -0.444 e. The largest absolute Gasteiger partial charge is 0.444 e. The van der Waals surface area contributed by atoms with Crippen LogP contribution in [0.25, 0.3) is 11.4 Å². The number of amides is 3. The maximum atomic E-state index is 13.2. The molecule has 3 aromatic carbocycles. The smallest absolute Gasteiger partial charge is 0.408 e. The molecule has 13 heteroatoms. The third-order valence-corrected chi connectivity index (χ3v) is 8.35. The average molecular weight is 736 g/mol. The van der Waals surface area contributed by atoms with Gasteiger partial charge in [-0.15, -0.1) is 20.4 Å². The van der Waals surface area contributed by atoms with E-state index in [4.69, 9.17) is 4.74 Å². The standard InChI is InChI=1S/C41H53N9O4/c1-6-7-11-30-17-23-34(24-18-30)47-48-35-25-19-31(20-26-35)12-10-14-37(51)42-27-9-8-13-36(44-40(53)54-41(3,4)5)39(52)43-28-32-15-21-33(22-16-32)38-49-45-29(2)46-50-38/h15-26,36H,6-14,27-28H2,1-5H3,(H,42,51)(H,43,52)(H,44,53). The summed E-state index contributed by atoms with van der Waals surface area (Å²) in [5.41, 5.74) is 4.96. The number of benzene rings is 3. The number of alkyl carbamates (subject to hydrolysis) is 1. The van der Waals surface area contributed by atoms with Crippen LogP contribution < -0.4 is 16.0 Å². The SMILES string of the molecule is CCCCc1ccc(N=Nc2ccc(CCCC(=O)NCCCCC(NC(=O)OC(C)(C)C)C(=O)NCc3ccc(-c4nnc(C)nn4)cc3)cc2)cc1. The Balaban J connectivity index is 1.15. The molecule has 1 unspecified atom stereocenters. The van der Waals surface area contributed by atoms with Gasteiger partial charge in [0.05, 0.1) is 11.4 Å². The van der Waals surface area contributed by atoms with Gasteiger partial charge in [-0.05, 0) is 114 Å². The van der Waals surface area contributed by atoms with Crippen molar-refractivity contribution in [1.82, 2.24) is 36.3 Å². The predicted octanol–water partition coefficient (Wildman–Crippen LogP) is 7.82. The van der Waals surface area contributed by atoms with Gasteiger partial charge in [-0.1, -0.05) is 61.9 Å². The van der Waals surface area contributed by atoms with E-state index in [1.807, 2.05) is 60.7 Å². The number of carbonyl (C=O) groups is 3. The van der Waals surface area contributed by atoms with Crippen LogP contribution in [-0.2, 0) is 33.7 Å². The van der Waals surface area contributed by atoms with E-state index in [1.165, 1.54) is 18.4 Å². The van der Waals surface area contributed by atoms with Crippen molar-refractivity contribution in [2.75, 3.05) is 6.54 Å². The van der Waals surface area contributed by atoms with E-state index in [0.29, 0.717) is 43.9 Å². The fourth-order valence-electron chi connectivity index (χ4n) is 5.40. The molecule has 13 nitrogen and oxygen atoms in total. The Bertz CT molecular complexity index is 1790. The minimum atomic E-state index is -0.803. The first-order valence-corrected chi connectivity index (χ1v) is 18.7. The molecule has 0 radical (unpaired) electrons. The van der Waals surface area contributed by atoms with Crippen LogP contribution in [-0.4, -0.2) is 56.5 Å². The Morgan fingerprint density at radius 3 is 1.87 bits per heavy atom. The molecule has 0 aliphatic heterocycles. The van der Waals surface area contributed by atoms with Crippen LogP contribution in [0.2, 0.25) is 0 Å². The van der Waals surface area contributed by atoms with E-state index >= 15 is 0 Å². The molecule has 0 aliphatic rings. The van der Waals surface area contributed by atoms with Gasteiger partial charge in [-0.3, -0.25) is 9.59 Å². The van der Waals surface area contributed by atoms with Crippen molar-refractivity contribution < 1.29 is 19.1 Å². The van der Waals surface area contributed by atoms with E-state index in [9.17, 15) is 14.4 Å². The molecule has 1 aromatic heterocycles. The summed E-state index contributed by atoms with van der Waals surface area (Å²) in [5, 5.41) is 33.3. The highest BCUT2D eigenvalue weighted by molar-refractivity contribution is 5.85. The maximum Gasteiger partial charge on any atom is 0.408 e. The lowest BCUT2D eigenvalue weighted by Gasteiger charge is -2.23. The van der Waals surface area contributed by atoms with Gasteiger partial charge in [0, 0.05) is 25.1 Å². The Kier molecular flexibility index (Phi) is 16.2. The molecule has 0 fully saturated rings. The number of nitrogens with one attached hydrogen (secondary N) is 3. The molecule has 1 atom stereocenters. The number of ether oxygens (including phenoxy) is 1. The summed E-state index contributed by atoms with van der Waals surface area (Å²) in [6.45, 7) is 9.94. The van der Waals surface area contributed by atoms with Gasteiger partial charge < -0.3 is 20.7 Å². The van der Waals surface area contributed by atoms with Crippen molar-refractivity contribution in [3.63, 3.8) is 0 Å². The fourth-order valence-corrected chi connectivity index (χ4v) is 5.40. The first-order valence-electron chi connectivity index (χ1n) is 18.7. The summed E-state index contributed by atoms with van der Waals surface area (Å²) in [5.74, 6) is 0.555. The van der Waals surface area contributed by atoms with Crippen molar-refractivity contribution in [3.05, 3.63) is 95.3 Å². The van der Waals surface area contributed by atoms with Crippen LogP contribution in [0, 0.1) is 6.92 Å². The predicted molar refractivity (Wildman–Crippen MR) is 208 cm³/mol. The van der Waals surface area contributed by atoms with Gasteiger partial charge in [-0.2, -0.15) is 10.2 Å². The third-order valence-electron chi connectivity index (χ3n) is 8.35. The lowest BCUT2D eigenvalue weighted by atomic mass is 10.1. The van der Waals surface area contributed by atoms with Gasteiger partial charge in [0.1, 0.15) is 11.6 Å². The first-order chi connectivity index (χ1) is 26.0. The molecular formula is C41H53N9O4. The van der Waals surface area contributed by atoms with E-state index in [0.717, 1.165) is 47.3 Å². The number of aromatic nitrogens is 4. The topological polar surface area (TPSA) is 173 Å². The summed E-state index contributed by atoms with van der Waals surface area (Å²) >= 11 is 0. The van der Waals surface area contributed by atoms with Crippen LogP contribution in [0.15, 0.2) is 83.0 Å². The van der Waals surface area contributed by atoms with Crippen LogP contribution >= 0.6 is 0 Å². The monoisotopic (exact) mass is 735 g/mol. The number of aryl methyl sites for hydroxylation is 3. The zero-order chi connectivity index (χ0) is 38.8. The summed E-state index contributed by atoms with van der Waals surface area (Å²) in [7, 11) is 0. The number of azo groups is 1. The van der Waals surface area contributed by atoms with Crippen molar-refractivity contribution >= 4 is 29.3 Å². The number of rotatable bonds is 19. The fraction of sp³-hybridized carbons (Fsp3) is 0.439. The normalized spacial score (nSPS) is 11.9. The molecule has 1 heterocycles. The lowest BCUT2D eigenvalue weighted by molar-refractivity contribution is -0.123. The molecule has 286 valence electrons. The zero-order valence-corrected chi connectivity index (χ0v) is 32.1. The van der Waals surface area contributed by atoms with E-state index in [-0.39, 0.29) is 18.4 Å². The molecule has 3 amide bonds.